The van der Waals surface area contributed by atoms with Crippen LogP contribution in [0.25, 0.3) is 0 Å². The number of amides is 1. The predicted molar refractivity (Wildman–Crippen MR) is 103 cm³/mol. The normalized spacial score (nSPS) is 13.6. The van der Waals surface area contributed by atoms with Gasteiger partial charge in [0.2, 0.25) is 0 Å². The van der Waals surface area contributed by atoms with Crippen LogP contribution in [0, 0.1) is 0 Å². The molecule has 0 spiro atoms. The quantitative estimate of drug-likeness (QED) is 0.544. The summed E-state index contributed by atoms with van der Waals surface area (Å²) in [5.41, 5.74) is 1.59. The van der Waals surface area contributed by atoms with Gasteiger partial charge in [0, 0.05) is 34.0 Å². The fourth-order valence-corrected chi connectivity index (χ4v) is 2.90. The summed E-state index contributed by atoms with van der Waals surface area (Å²) in [6.07, 6.45) is 2.57. The summed E-state index contributed by atoms with van der Waals surface area (Å²) in [5, 5.41) is 2.61. The number of nitrogens with one attached hydrogen (secondary N) is 1. The number of ketones is 2. The van der Waals surface area contributed by atoms with Gasteiger partial charge in [-0.25, -0.2) is 4.79 Å². The zero-order valence-electron chi connectivity index (χ0n) is 15.5. The second-order valence-corrected chi connectivity index (χ2v) is 6.34. The van der Waals surface area contributed by atoms with Crippen molar-refractivity contribution in [2.75, 3.05) is 5.32 Å². The number of carbonyl (C=O) groups is 4. The molecule has 0 radical (unpaired) electrons. The Hall–Kier alpha value is -3.54. The number of hydrogen-bond donors (Lipinski definition) is 1. The Morgan fingerprint density at radius 1 is 1.00 bits per heavy atom. The maximum absolute atomic E-state index is 12.7. The van der Waals surface area contributed by atoms with Crippen LogP contribution >= 0.6 is 0 Å². The molecule has 142 valence electrons. The number of fused-ring (bicyclic) bond motifs is 2. The molecule has 0 saturated carbocycles. The van der Waals surface area contributed by atoms with Gasteiger partial charge in [-0.1, -0.05) is 37.3 Å². The predicted octanol–water partition coefficient (Wildman–Crippen LogP) is 3.30. The molecule has 1 atom stereocenters. The first-order valence-electron chi connectivity index (χ1n) is 8.93. The highest BCUT2D eigenvalue weighted by Gasteiger charge is 2.29. The topological polar surface area (TPSA) is 89.5 Å². The van der Waals surface area contributed by atoms with E-state index in [0.717, 1.165) is 0 Å². The maximum Gasteiger partial charge on any atom is 0.331 e. The standard InChI is InChI=1S/C22H19NO5/c1-3-4-9-19(24)28-13(2)22(27)23-14-10-11-17-18(12-14)21(26)16-8-6-5-7-15(16)20(17)25/h4-13H,3H2,1-2H3,(H,23,27)/b9-4+/t13-/m1/s1. The van der Waals surface area contributed by atoms with Crippen LogP contribution in [0.5, 0.6) is 0 Å². The molecule has 0 saturated heterocycles. The maximum atomic E-state index is 12.7. The molecule has 28 heavy (non-hydrogen) atoms. The molecule has 0 fully saturated rings. The second kappa shape index (κ2) is 8.00. The minimum absolute atomic E-state index is 0.229. The van der Waals surface area contributed by atoms with Crippen LogP contribution in [0.1, 0.15) is 52.1 Å². The Labute approximate surface area is 162 Å². The lowest BCUT2D eigenvalue weighted by Crippen LogP contribution is -2.29. The molecule has 1 aliphatic rings. The van der Waals surface area contributed by atoms with Crippen LogP contribution in [-0.4, -0.2) is 29.5 Å². The molecule has 0 unspecified atom stereocenters. The minimum atomic E-state index is -1.01. The lowest BCUT2D eigenvalue weighted by atomic mass is 9.84. The molecule has 6 nitrogen and oxygen atoms in total. The van der Waals surface area contributed by atoms with E-state index in [4.69, 9.17) is 4.74 Å². The van der Waals surface area contributed by atoms with Crippen molar-refractivity contribution in [2.24, 2.45) is 0 Å². The molecule has 3 rings (SSSR count). The summed E-state index contributed by atoms with van der Waals surface area (Å²) in [6.45, 7) is 3.33. The lowest BCUT2D eigenvalue weighted by molar-refractivity contribution is -0.148. The molecule has 2 aromatic rings. The summed E-state index contributed by atoms with van der Waals surface area (Å²) >= 11 is 0. The highest BCUT2D eigenvalue weighted by Crippen LogP contribution is 2.29. The number of esters is 1. The molecule has 1 N–H and O–H groups in total. The third-order valence-corrected chi connectivity index (χ3v) is 4.34. The molecule has 0 aromatic heterocycles. The Kier molecular flexibility index (Phi) is 5.49. The Balaban J connectivity index is 1.78. The van der Waals surface area contributed by atoms with E-state index >= 15 is 0 Å². The number of ether oxygens (including phenoxy) is 1. The van der Waals surface area contributed by atoms with Crippen molar-refractivity contribution in [1.29, 1.82) is 0 Å². The van der Waals surface area contributed by atoms with E-state index in [-0.39, 0.29) is 17.1 Å². The fraction of sp³-hybridized carbons (Fsp3) is 0.182. The summed E-state index contributed by atoms with van der Waals surface area (Å²) < 4.78 is 5.02. The minimum Gasteiger partial charge on any atom is -0.449 e. The molecule has 0 aliphatic heterocycles. The van der Waals surface area contributed by atoms with E-state index in [9.17, 15) is 19.2 Å². The third kappa shape index (κ3) is 3.76. The molecular formula is C22H19NO5. The largest absolute Gasteiger partial charge is 0.449 e. The van der Waals surface area contributed by atoms with Gasteiger partial charge in [-0.2, -0.15) is 0 Å². The Bertz CT molecular complexity index is 1010. The zero-order valence-corrected chi connectivity index (χ0v) is 15.5. The van der Waals surface area contributed by atoms with Crippen molar-refractivity contribution in [2.45, 2.75) is 26.4 Å². The van der Waals surface area contributed by atoms with E-state index < -0.39 is 18.0 Å². The molecule has 2 aromatic carbocycles. The van der Waals surface area contributed by atoms with Gasteiger partial charge >= 0.3 is 5.97 Å². The number of carbonyl (C=O) groups excluding carboxylic acids is 4. The number of allylic oxidation sites excluding steroid dienone is 1. The highest BCUT2D eigenvalue weighted by atomic mass is 16.5. The Morgan fingerprint density at radius 3 is 2.25 bits per heavy atom. The zero-order chi connectivity index (χ0) is 20.3. The van der Waals surface area contributed by atoms with E-state index in [2.05, 4.69) is 5.32 Å². The van der Waals surface area contributed by atoms with E-state index in [1.54, 1.807) is 36.4 Å². The van der Waals surface area contributed by atoms with Crippen molar-refractivity contribution >= 4 is 29.1 Å². The van der Waals surface area contributed by atoms with Gasteiger partial charge in [-0.15, -0.1) is 0 Å². The van der Waals surface area contributed by atoms with Gasteiger partial charge in [0.25, 0.3) is 5.91 Å². The van der Waals surface area contributed by atoms with E-state index in [1.807, 2.05) is 6.92 Å². The third-order valence-electron chi connectivity index (χ3n) is 4.34. The van der Waals surface area contributed by atoms with Crippen LogP contribution in [0.15, 0.2) is 54.6 Å². The van der Waals surface area contributed by atoms with E-state index in [0.29, 0.717) is 28.8 Å². The molecular weight excluding hydrogens is 358 g/mol. The average molecular weight is 377 g/mol. The van der Waals surface area contributed by atoms with Gasteiger partial charge in [0.15, 0.2) is 17.7 Å². The second-order valence-electron chi connectivity index (χ2n) is 6.34. The van der Waals surface area contributed by atoms with Gasteiger partial charge in [0.05, 0.1) is 0 Å². The average Bonchev–Trinajstić information content (AvgIpc) is 2.70. The van der Waals surface area contributed by atoms with Crippen LogP contribution in [0.4, 0.5) is 5.69 Å². The van der Waals surface area contributed by atoms with Crippen molar-refractivity contribution in [3.63, 3.8) is 0 Å². The summed E-state index contributed by atoms with van der Waals surface area (Å²) in [6, 6.07) is 11.2. The number of anilines is 1. The summed E-state index contributed by atoms with van der Waals surface area (Å²) in [5.74, 6) is -1.64. The Morgan fingerprint density at radius 2 is 1.61 bits per heavy atom. The van der Waals surface area contributed by atoms with Crippen LogP contribution in [0.2, 0.25) is 0 Å². The lowest BCUT2D eigenvalue weighted by Gasteiger charge is -2.18. The van der Waals surface area contributed by atoms with Gasteiger partial charge < -0.3 is 10.1 Å². The number of hydrogen-bond acceptors (Lipinski definition) is 5. The first-order valence-corrected chi connectivity index (χ1v) is 8.93. The molecule has 6 heteroatoms. The van der Waals surface area contributed by atoms with Crippen LogP contribution < -0.4 is 5.32 Å². The first-order chi connectivity index (χ1) is 13.4. The van der Waals surface area contributed by atoms with Crippen molar-refractivity contribution in [3.05, 3.63) is 76.9 Å². The fourth-order valence-electron chi connectivity index (χ4n) is 2.90. The van der Waals surface area contributed by atoms with Crippen molar-refractivity contribution in [1.82, 2.24) is 0 Å². The first kappa shape index (κ1) is 19.2. The van der Waals surface area contributed by atoms with Gasteiger partial charge in [-0.3, -0.25) is 14.4 Å². The number of rotatable bonds is 5. The van der Waals surface area contributed by atoms with Gasteiger partial charge in [-0.05, 0) is 31.5 Å². The SMILES string of the molecule is CC/C=C/C(=O)O[C@H](C)C(=O)Nc1ccc2c(c1)C(=O)c1ccccc1C2=O. The van der Waals surface area contributed by atoms with Gasteiger partial charge in [0.1, 0.15) is 0 Å². The number of benzene rings is 2. The van der Waals surface area contributed by atoms with Crippen molar-refractivity contribution < 1.29 is 23.9 Å². The smallest absolute Gasteiger partial charge is 0.331 e. The summed E-state index contributed by atoms with van der Waals surface area (Å²) in [4.78, 5) is 49.2. The summed E-state index contributed by atoms with van der Waals surface area (Å²) in [7, 11) is 0. The molecule has 1 amide bonds. The van der Waals surface area contributed by atoms with Crippen molar-refractivity contribution in [3.8, 4) is 0 Å². The molecule has 1 aliphatic carbocycles. The molecule has 0 bridgehead atoms. The molecule has 0 heterocycles. The van der Waals surface area contributed by atoms with E-state index in [1.165, 1.54) is 25.1 Å². The van der Waals surface area contributed by atoms with Crippen LogP contribution in [-0.2, 0) is 14.3 Å². The monoisotopic (exact) mass is 377 g/mol. The highest BCUT2D eigenvalue weighted by molar-refractivity contribution is 6.28. The van der Waals surface area contributed by atoms with Crippen LogP contribution in [0.3, 0.4) is 0 Å².